The molecule has 2 aliphatic heterocycles. The number of nitrogens with zero attached hydrogens (tertiary/aromatic N) is 5. The second kappa shape index (κ2) is 9.69. The molecule has 3 aliphatic rings. The molecule has 3 fully saturated rings. The minimum atomic E-state index is 0.615. The molecule has 5 heterocycles. The van der Waals surface area contributed by atoms with E-state index < -0.39 is 0 Å². The van der Waals surface area contributed by atoms with Crippen molar-refractivity contribution in [3.63, 3.8) is 0 Å². The minimum Gasteiger partial charge on any atom is -0.345 e. The number of likely N-dealkylation sites (tertiary alicyclic amines) is 1. The van der Waals surface area contributed by atoms with Gasteiger partial charge in [0.2, 0.25) is 0 Å². The van der Waals surface area contributed by atoms with Crippen LogP contribution in [0.4, 0.5) is 0 Å². The molecule has 6 rings (SSSR count). The van der Waals surface area contributed by atoms with E-state index in [1.807, 2.05) is 11.3 Å². The van der Waals surface area contributed by atoms with Gasteiger partial charge in [0, 0.05) is 66.9 Å². The van der Waals surface area contributed by atoms with Crippen LogP contribution in [-0.4, -0.2) is 89.1 Å². The summed E-state index contributed by atoms with van der Waals surface area (Å²) in [5.74, 6) is 1.25. The maximum atomic E-state index is 5.10. The Labute approximate surface area is 207 Å². The molecule has 182 valence electrons. The van der Waals surface area contributed by atoms with E-state index in [4.69, 9.17) is 9.97 Å². The first kappa shape index (κ1) is 22.7. The number of piperidine rings is 1. The summed E-state index contributed by atoms with van der Waals surface area (Å²) in [6, 6.07) is 3.18. The summed E-state index contributed by atoms with van der Waals surface area (Å²) < 4.78 is 0. The molecule has 0 amide bonds. The molecule has 2 saturated heterocycles. The molecular formula is C27H38N6S. The molecule has 1 aliphatic carbocycles. The summed E-state index contributed by atoms with van der Waals surface area (Å²) >= 11 is 1.84. The van der Waals surface area contributed by atoms with Crippen LogP contribution in [0.1, 0.15) is 60.9 Å². The van der Waals surface area contributed by atoms with Gasteiger partial charge in [-0.15, -0.1) is 11.3 Å². The number of piperazine rings is 1. The quantitative estimate of drug-likeness (QED) is 0.585. The number of pyridine rings is 1. The first-order valence-electron chi connectivity index (χ1n) is 13.2. The third-order valence-electron chi connectivity index (χ3n) is 8.64. The summed E-state index contributed by atoms with van der Waals surface area (Å²) in [6.07, 6.45) is 11.9. The molecule has 34 heavy (non-hydrogen) atoms. The lowest BCUT2D eigenvalue weighted by Gasteiger charge is -2.41. The molecule has 7 heteroatoms. The van der Waals surface area contributed by atoms with Crippen LogP contribution in [0.5, 0.6) is 0 Å². The monoisotopic (exact) mass is 478 g/mol. The molecule has 6 nitrogen and oxygen atoms in total. The van der Waals surface area contributed by atoms with Gasteiger partial charge in [-0.05, 0) is 83.3 Å². The first-order valence-corrected chi connectivity index (χ1v) is 14.1. The summed E-state index contributed by atoms with van der Waals surface area (Å²) in [7, 11) is 4.46. The maximum Gasteiger partial charge on any atom is 0.137 e. The van der Waals surface area contributed by atoms with Gasteiger partial charge < -0.3 is 14.8 Å². The molecule has 3 aromatic heterocycles. The van der Waals surface area contributed by atoms with E-state index in [1.54, 1.807) is 0 Å². The van der Waals surface area contributed by atoms with Crippen molar-refractivity contribution >= 4 is 22.4 Å². The van der Waals surface area contributed by atoms with Crippen molar-refractivity contribution in [2.45, 2.75) is 56.4 Å². The molecule has 0 atom stereocenters. The Morgan fingerprint density at radius 2 is 1.62 bits per heavy atom. The van der Waals surface area contributed by atoms with Crippen LogP contribution in [0.15, 0.2) is 23.8 Å². The van der Waals surface area contributed by atoms with E-state index in [-0.39, 0.29) is 0 Å². The lowest BCUT2D eigenvalue weighted by atomic mass is 9.81. The number of rotatable bonds is 4. The van der Waals surface area contributed by atoms with Gasteiger partial charge in [-0.25, -0.2) is 9.97 Å². The average Bonchev–Trinajstić information content (AvgIpc) is 3.52. The zero-order valence-electron chi connectivity index (χ0n) is 20.7. The molecule has 0 radical (unpaired) electrons. The number of nitrogens with one attached hydrogen (secondary N) is 1. The van der Waals surface area contributed by atoms with E-state index in [0.717, 1.165) is 17.4 Å². The summed E-state index contributed by atoms with van der Waals surface area (Å²) in [5.41, 5.74) is 4.73. The van der Waals surface area contributed by atoms with Crippen molar-refractivity contribution in [2.24, 2.45) is 0 Å². The smallest absolute Gasteiger partial charge is 0.137 e. The number of fused-ring (bicyclic) bond motifs is 1. The molecule has 0 aromatic carbocycles. The highest BCUT2D eigenvalue weighted by molar-refractivity contribution is 7.10. The van der Waals surface area contributed by atoms with Gasteiger partial charge in [-0.3, -0.25) is 4.90 Å². The van der Waals surface area contributed by atoms with Gasteiger partial charge in [0.1, 0.15) is 5.65 Å². The SMILES string of the molecule is CN1CCC(c2nc(-c3c[nH]c4ncc([C@H]5CC[C@H](N6CCN(C)CC6)CC5)cc34)cs2)CC1. The highest BCUT2D eigenvalue weighted by atomic mass is 32.1. The fraction of sp³-hybridized carbons (Fsp3) is 0.630. The van der Waals surface area contributed by atoms with Crippen LogP contribution in [0, 0.1) is 0 Å². The number of aromatic nitrogens is 3. The molecule has 0 bridgehead atoms. The van der Waals surface area contributed by atoms with Crippen LogP contribution in [0.25, 0.3) is 22.3 Å². The van der Waals surface area contributed by atoms with E-state index in [9.17, 15) is 0 Å². The summed E-state index contributed by atoms with van der Waals surface area (Å²) in [5, 5.41) is 4.80. The maximum absolute atomic E-state index is 5.10. The Balaban J connectivity index is 1.16. The van der Waals surface area contributed by atoms with Crippen LogP contribution >= 0.6 is 11.3 Å². The van der Waals surface area contributed by atoms with Crippen molar-refractivity contribution in [1.29, 1.82) is 0 Å². The van der Waals surface area contributed by atoms with E-state index in [2.05, 4.69) is 57.6 Å². The predicted molar refractivity (Wildman–Crippen MR) is 141 cm³/mol. The number of aromatic amines is 1. The Morgan fingerprint density at radius 3 is 2.38 bits per heavy atom. The van der Waals surface area contributed by atoms with Gasteiger partial charge in [-0.2, -0.15) is 0 Å². The second-order valence-corrected chi connectivity index (χ2v) is 11.8. The van der Waals surface area contributed by atoms with E-state index >= 15 is 0 Å². The van der Waals surface area contributed by atoms with Crippen LogP contribution in [0.2, 0.25) is 0 Å². The predicted octanol–water partition coefficient (Wildman–Crippen LogP) is 4.77. The van der Waals surface area contributed by atoms with Crippen LogP contribution < -0.4 is 0 Å². The zero-order chi connectivity index (χ0) is 23.1. The largest absolute Gasteiger partial charge is 0.345 e. The van der Waals surface area contributed by atoms with Crippen LogP contribution in [-0.2, 0) is 0 Å². The lowest BCUT2D eigenvalue weighted by molar-refractivity contribution is 0.0878. The van der Waals surface area contributed by atoms with E-state index in [0.29, 0.717) is 11.8 Å². The van der Waals surface area contributed by atoms with Gasteiger partial charge >= 0.3 is 0 Å². The minimum absolute atomic E-state index is 0.615. The van der Waals surface area contributed by atoms with Crippen molar-refractivity contribution in [2.75, 3.05) is 53.4 Å². The fourth-order valence-electron chi connectivity index (χ4n) is 6.27. The van der Waals surface area contributed by atoms with Crippen LogP contribution in [0.3, 0.4) is 0 Å². The highest BCUT2D eigenvalue weighted by Crippen LogP contribution is 2.38. The standard InChI is InChI=1S/C27H38N6S/c1-31-9-7-20(8-10-31)27-30-25(18-34-27)24-17-29-26-23(24)15-21(16-28-26)19-3-5-22(6-4-19)33-13-11-32(2)12-14-33/h15-20,22H,3-14H2,1-2H3,(H,28,29)/t19-,22-. The molecule has 0 spiro atoms. The van der Waals surface area contributed by atoms with Crippen molar-refractivity contribution < 1.29 is 0 Å². The Morgan fingerprint density at radius 1 is 0.882 bits per heavy atom. The van der Waals surface area contributed by atoms with Gasteiger partial charge in [0.05, 0.1) is 10.7 Å². The Hall–Kier alpha value is -1.80. The average molecular weight is 479 g/mol. The van der Waals surface area contributed by atoms with Crippen molar-refractivity contribution in [3.8, 4) is 11.3 Å². The molecular weight excluding hydrogens is 440 g/mol. The normalized spacial score (nSPS) is 26.4. The Kier molecular flexibility index (Phi) is 6.45. The van der Waals surface area contributed by atoms with Gasteiger partial charge in [0.15, 0.2) is 0 Å². The summed E-state index contributed by atoms with van der Waals surface area (Å²) in [6.45, 7) is 7.26. The van der Waals surface area contributed by atoms with Gasteiger partial charge in [0.25, 0.3) is 0 Å². The molecule has 0 unspecified atom stereocenters. The molecule has 1 saturated carbocycles. The third kappa shape index (κ3) is 4.55. The second-order valence-electron chi connectivity index (χ2n) is 10.9. The van der Waals surface area contributed by atoms with Crippen molar-refractivity contribution in [3.05, 3.63) is 34.4 Å². The number of hydrogen-bond acceptors (Lipinski definition) is 6. The topological polar surface area (TPSA) is 51.3 Å². The fourth-order valence-corrected chi connectivity index (χ4v) is 7.26. The van der Waals surface area contributed by atoms with E-state index in [1.165, 1.54) is 99.3 Å². The lowest BCUT2D eigenvalue weighted by Crippen LogP contribution is -2.49. The first-order chi connectivity index (χ1) is 16.6. The van der Waals surface area contributed by atoms with Crippen molar-refractivity contribution in [1.82, 2.24) is 29.7 Å². The number of H-pyrrole nitrogens is 1. The number of hydrogen-bond donors (Lipinski definition) is 1. The highest BCUT2D eigenvalue weighted by Gasteiger charge is 2.29. The Bertz CT molecular complexity index is 1100. The number of thiazole rings is 1. The summed E-state index contributed by atoms with van der Waals surface area (Å²) in [4.78, 5) is 21.0. The molecule has 1 N–H and O–H groups in total. The van der Waals surface area contributed by atoms with Gasteiger partial charge in [-0.1, -0.05) is 0 Å². The molecule has 3 aromatic rings. The third-order valence-corrected chi connectivity index (χ3v) is 9.65. The zero-order valence-corrected chi connectivity index (χ0v) is 21.5. The number of likely N-dealkylation sites (N-methyl/N-ethyl adjacent to an activating group) is 1.